The summed E-state index contributed by atoms with van der Waals surface area (Å²) in [5.41, 5.74) is 1.43. The van der Waals surface area contributed by atoms with E-state index in [1.165, 1.54) is 6.07 Å². The quantitative estimate of drug-likeness (QED) is 0.819. The van der Waals surface area contributed by atoms with E-state index in [0.29, 0.717) is 5.56 Å². The molecule has 94 valence electrons. The zero-order valence-corrected chi connectivity index (χ0v) is 9.23. The number of carbonyl (C=O) groups is 1. The molecular weight excluding hydrogens is 238 g/mol. The van der Waals surface area contributed by atoms with Crippen LogP contribution in [0.2, 0.25) is 0 Å². The first-order valence-electron chi connectivity index (χ1n) is 4.80. The van der Waals surface area contributed by atoms with E-state index < -0.39 is 18.3 Å². The van der Waals surface area contributed by atoms with Gasteiger partial charge in [0.15, 0.2) is 0 Å². The summed E-state index contributed by atoms with van der Waals surface area (Å²) in [5.74, 6) is -6.68. The molecule has 0 fully saturated rings. The Hall–Kier alpha value is -1.59. The molecule has 1 aromatic carbocycles. The fourth-order valence-electron chi connectivity index (χ4n) is 1.19. The summed E-state index contributed by atoms with van der Waals surface area (Å²) in [6.45, 7) is 3.32. The van der Waals surface area contributed by atoms with Gasteiger partial charge in [-0.3, -0.25) is 4.79 Å². The maximum Gasteiger partial charge on any atom is 0.383 e. The van der Waals surface area contributed by atoms with Crippen LogP contribution >= 0.6 is 0 Å². The van der Waals surface area contributed by atoms with Gasteiger partial charge in [0.1, 0.15) is 0 Å². The number of amides is 1. The second kappa shape index (κ2) is 4.73. The lowest BCUT2D eigenvalue weighted by molar-refractivity contribution is -0.163. The Bertz CT molecular complexity index is 431. The average molecular weight is 249 g/mol. The number of benzene rings is 1. The van der Waals surface area contributed by atoms with E-state index in [2.05, 4.69) is 0 Å². The fraction of sp³-hybridized carbons (Fsp3) is 0.364. The van der Waals surface area contributed by atoms with Crippen molar-refractivity contribution in [2.75, 3.05) is 5.32 Å². The summed E-state index contributed by atoms with van der Waals surface area (Å²) >= 11 is 0. The topological polar surface area (TPSA) is 29.1 Å². The van der Waals surface area contributed by atoms with E-state index >= 15 is 0 Å². The second-order valence-electron chi connectivity index (χ2n) is 3.63. The lowest BCUT2D eigenvalue weighted by Gasteiger charge is -2.16. The van der Waals surface area contributed by atoms with Gasteiger partial charge in [-0.2, -0.15) is 8.78 Å². The fourth-order valence-corrected chi connectivity index (χ4v) is 1.19. The summed E-state index contributed by atoms with van der Waals surface area (Å²) in [6.07, 6.45) is -4.02. The van der Waals surface area contributed by atoms with Crippen LogP contribution in [0.5, 0.6) is 0 Å². The van der Waals surface area contributed by atoms with E-state index in [-0.39, 0.29) is 5.69 Å². The van der Waals surface area contributed by atoms with E-state index in [9.17, 15) is 22.4 Å². The van der Waals surface area contributed by atoms with E-state index in [0.717, 1.165) is 5.56 Å². The third-order valence-corrected chi connectivity index (χ3v) is 2.43. The highest BCUT2D eigenvalue weighted by molar-refractivity contribution is 5.97. The highest BCUT2D eigenvalue weighted by Gasteiger charge is 2.49. The molecule has 1 amide bonds. The van der Waals surface area contributed by atoms with Crippen LogP contribution in [0.25, 0.3) is 0 Å². The number of alkyl halides is 4. The average Bonchev–Trinajstić information content (AvgIpc) is 2.24. The Kier molecular flexibility index (Phi) is 3.75. The first-order chi connectivity index (χ1) is 7.76. The molecule has 0 aromatic heterocycles. The molecule has 0 spiro atoms. The van der Waals surface area contributed by atoms with Crippen molar-refractivity contribution in [2.24, 2.45) is 0 Å². The van der Waals surface area contributed by atoms with Gasteiger partial charge < -0.3 is 5.32 Å². The molecule has 6 heteroatoms. The third-order valence-electron chi connectivity index (χ3n) is 2.43. The number of anilines is 1. The molecular formula is C11H11F4NO. The zero-order valence-electron chi connectivity index (χ0n) is 9.23. The molecule has 0 saturated carbocycles. The van der Waals surface area contributed by atoms with Crippen molar-refractivity contribution in [1.29, 1.82) is 0 Å². The second-order valence-corrected chi connectivity index (χ2v) is 3.63. The minimum absolute atomic E-state index is 0.107. The van der Waals surface area contributed by atoms with E-state index in [4.69, 9.17) is 0 Å². The summed E-state index contributed by atoms with van der Waals surface area (Å²) in [5, 5.41) is 1.80. The number of nitrogens with one attached hydrogen (secondary N) is 1. The predicted molar refractivity (Wildman–Crippen MR) is 55.5 cm³/mol. The molecule has 0 unspecified atom stereocenters. The Balaban J connectivity index is 2.93. The monoisotopic (exact) mass is 249 g/mol. The lowest BCUT2D eigenvalue weighted by Crippen LogP contribution is -2.41. The normalized spacial score (nSPS) is 11.7. The van der Waals surface area contributed by atoms with Crippen LogP contribution in [0.3, 0.4) is 0 Å². The van der Waals surface area contributed by atoms with E-state index in [1.54, 1.807) is 31.3 Å². The molecule has 0 atom stereocenters. The van der Waals surface area contributed by atoms with Gasteiger partial charge in [0.2, 0.25) is 0 Å². The molecule has 17 heavy (non-hydrogen) atoms. The van der Waals surface area contributed by atoms with Crippen LogP contribution in [0.4, 0.5) is 23.2 Å². The highest BCUT2D eigenvalue weighted by atomic mass is 19.3. The Labute approximate surface area is 95.6 Å². The van der Waals surface area contributed by atoms with Crippen LogP contribution in [0.15, 0.2) is 18.2 Å². The van der Waals surface area contributed by atoms with Gasteiger partial charge in [-0.1, -0.05) is 12.1 Å². The van der Waals surface area contributed by atoms with Crippen molar-refractivity contribution in [3.63, 3.8) is 0 Å². The van der Waals surface area contributed by atoms with Crippen molar-refractivity contribution in [1.82, 2.24) is 0 Å². The SMILES string of the molecule is Cc1cccc(NC(=O)C(F)(F)C(F)F)c1C. The van der Waals surface area contributed by atoms with Crippen molar-refractivity contribution >= 4 is 11.6 Å². The van der Waals surface area contributed by atoms with Gasteiger partial charge in [0.25, 0.3) is 0 Å². The number of halogens is 4. The predicted octanol–water partition coefficient (Wildman–Crippen LogP) is 3.14. The number of hydrogen-bond acceptors (Lipinski definition) is 1. The molecule has 0 saturated heterocycles. The van der Waals surface area contributed by atoms with Crippen LogP contribution < -0.4 is 5.32 Å². The minimum Gasteiger partial charge on any atom is -0.320 e. The lowest BCUT2D eigenvalue weighted by atomic mass is 10.1. The number of carbonyl (C=O) groups excluding carboxylic acids is 1. The van der Waals surface area contributed by atoms with Crippen LogP contribution in [0, 0.1) is 13.8 Å². The van der Waals surface area contributed by atoms with Crippen molar-refractivity contribution in [3.05, 3.63) is 29.3 Å². The van der Waals surface area contributed by atoms with Gasteiger partial charge in [-0.15, -0.1) is 0 Å². The zero-order chi connectivity index (χ0) is 13.2. The number of hydrogen-bond donors (Lipinski definition) is 1. The minimum atomic E-state index is -4.68. The molecule has 0 heterocycles. The van der Waals surface area contributed by atoms with Gasteiger partial charge in [0.05, 0.1) is 0 Å². The van der Waals surface area contributed by atoms with Crippen LogP contribution in [-0.2, 0) is 4.79 Å². The first-order valence-corrected chi connectivity index (χ1v) is 4.80. The molecule has 0 aliphatic rings. The smallest absolute Gasteiger partial charge is 0.320 e. The Morgan fingerprint density at radius 1 is 1.29 bits per heavy atom. The molecule has 1 aromatic rings. The maximum atomic E-state index is 12.7. The van der Waals surface area contributed by atoms with Crippen LogP contribution in [0.1, 0.15) is 11.1 Å². The summed E-state index contributed by atoms with van der Waals surface area (Å²) in [4.78, 5) is 11.0. The van der Waals surface area contributed by atoms with E-state index in [1.807, 2.05) is 0 Å². The van der Waals surface area contributed by atoms with Crippen molar-refractivity contribution in [3.8, 4) is 0 Å². The summed E-state index contributed by atoms with van der Waals surface area (Å²) < 4.78 is 49.3. The first kappa shape index (κ1) is 13.5. The molecule has 1 rings (SSSR count). The van der Waals surface area contributed by atoms with Crippen molar-refractivity contribution in [2.45, 2.75) is 26.2 Å². The summed E-state index contributed by atoms with van der Waals surface area (Å²) in [7, 11) is 0. The Morgan fingerprint density at radius 2 is 1.88 bits per heavy atom. The molecule has 0 aliphatic heterocycles. The molecule has 1 N–H and O–H groups in total. The van der Waals surface area contributed by atoms with Crippen LogP contribution in [-0.4, -0.2) is 18.3 Å². The molecule has 2 nitrogen and oxygen atoms in total. The third kappa shape index (κ3) is 2.75. The maximum absolute atomic E-state index is 12.7. The molecule has 0 radical (unpaired) electrons. The highest BCUT2D eigenvalue weighted by Crippen LogP contribution is 2.26. The van der Waals surface area contributed by atoms with Gasteiger partial charge in [-0.25, -0.2) is 8.78 Å². The largest absolute Gasteiger partial charge is 0.383 e. The number of rotatable bonds is 3. The standard InChI is InChI=1S/C11H11F4NO/c1-6-4-3-5-8(7(6)2)16-10(17)11(14,15)9(12)13/h3-5,9H,1-2H3,(H,16,17). The summed E-state index contributed by atoms with van der Waals surface area (Å²) in [6, 6.07) is 4.64. The van der Waals surface area contributed by atoms with Gasteiger partial charge >= 0.3 is 18.3 Å². The number of aryl methyl sites for hydroxylation is 1. The Morgan fingerprint density at radius 3 is 2.41 bits per heavy atom. The van der Waals surface area contributed by atoms with Crippen molar-refractivity contribution < 1.29 is 22.4 Å². The van der Waals surface area contributed by atoms with Gasteiger partial charge in [-0.05, 0) is 31.0 Å². The van der Waals surface area contributed by atoms with Gasteiger partial charge in [0, 0.05) is 5.69 Å². The molecule has 0 bridgehead atoms. The molecule has 0 aliphatic carbocycles.